The largest absolute Gasteiger partial charge is 0.293 e. The molecule has 21 heavy (non-hydrogen) atoms. The molecule has 1 aliphatic rings. The van der Waals surface area contributed by atoms with E-state index in [4.69, 9.17) is 0 Å². The molecule has 2 aromatic rings. The highest BCUT2D eigenvalue weighted by Crippen LogP contribution is 2.33. The molecule has 3 rings (SSSR count). The van der Waals surface area contributed by atoms with Crippen molar-refractivity contribution in [2.45, 2.75) is 6.54 Å². The van der Waals surface area contributed by atoms with Gasteiger partial charge in [-0.3, -0.25) is 14.5 Å². The van der Waals surface area contributed by atoms with Crippen molar-refractivity contribution in [3.05, 3.63) is 76.7 Å². The van der Waals surface area contributed by atoms with E-state index in [9.17, 15) is 9.59 Å². The highest BCUT2D eigenvalue weighted by Gasteiger charge is 2.34. The fraction of sp³-hybridized carbons (Fsp3) is 0.0588. The molecule has 0 saturated carbocycles. The number of hydrogen-bond acceptors (Lipinski definition) is 3. The first kappa shape index (κ1) is 13.6. The van der Waals surface area contributed by atoms with Crippen molar-refractivity contribution in [3.8, 4) is 0 Å². The fourth-order valence-corrected chi connectivity index (χ4v) is 2.94. The third kappa shape index (κ3) is 3.06. The van der Waals surface area contributed by atoms with Gasteiger partial charge in [-0.1, -0.05) is 60.7 Å². The van der Waals surface area contributed by atoms with Gasteiger partial charge in [-0.25, -0.2) is 0 Å². The van der Waals surface area contributed by atoms with E-state index in [1.54, 1.807) is 6.08 Å². The molecule has 0 atom stereocenters. The molecular formula is C17H13NO2S. The van der Waals surface area contributed by atoms with E-state index in [0.717, 1.165) is 22.9 Å². The van der Waals surface area contributed by atoms with E-state index < -0.39 is 0 Å². The van der Waals surface area contributed by atoms with Crippen LogP contribution in [0.2, 0.25) is 0 Å². The number of rotatable bonds is 3. The van der Waals surface area contributed by atoms with Crippen LogP contribution in [-0.2, 0) is 11.3 Å². The summed E-state index contributed by atoms with van der Waals surface area (Å²) < 4.78 is 0. The molecule has 1 aliphatic heterocycles. The summed E-state index contributed by atoms with van der Waals surface area (Å²) in [5.74, 6) is -0.224. The molecule has 0 N–H and O–H groups in total. The molecular weight excluding hydrogens is 282 g/mol. The lowest BCUT2D eigenvalue weighted by Gasteiger charge is -2.12. The number of carbonyl (C=O) groups is 2. The Hall–Kier alpha value is -2.33. The number of carbonyl (C=O) groups excluding carboxylic acids is 2. The van der Waals surface area contributed by atoms with Crippen LogP contribution in [0.4, 0.5) is 4.79 Å². The van der Waals surface area contributed by atoms with Crippen molar-refractivity contribution in [2.75, 3.05) is 0 Å². The third-order valence-electron chi connectivity index (χ3n) is 3.15. The Kier molecular flexibility index (Phi) is 3.88. The topological polar surface area (TPSA) is 37.4 Å². The van der Waals surface area contributed by atoms with Gasteiger partial charge < -0.3 is 0 Å². The predicted molar refractivity (Wildman–Crippen MR) is 84.4 cm³/mol. The van der Waals surface area contributed by atoms with E-state index in [-0.39, 0.29) is 11.1 Å². The maximum absolute atomic E-state index is 12.3. The molecule has 1 heterocycles. The number of amides is 2. The molecule has 0 aliphatic carbocycles. The summed E-state index contributed by atoms with van der Waals surface area (Å²) in [5, 5.41) is -0.217. The molecule has 104 valence electrons. The Morgan fingerprint density at radius 2 is 1.52 bits per heavy atom. The van der Waals surface area contributed by atoms with Crippen LogP contribution in [0.25, 0.3) is 6.08 Å². The number of hydrogen-bond donors (Lipinski definition) is 0. The highest BCUT2D eigenvalue weighted by atomic mass is 32.2. The molecule has 1 fully saturated rings. The third-order valence-corrected chi connectivity index (χ3v) is 4.06. The first-order valence-electron chi connectivity index (χ1n) is 6.58. The van der Waals surface area contributed by atoms with Crippen LogP contribution in [0.3, 0.4) is 0 Å². The Labute approximate surface area is 127 Å². The second kappa shape index (κ2) is 5.97. The summed E-state index contributed by atoms with van der Waals surface area (Å²) in [6.45, 7) is 0.317. The molecule has 1 saturated heterocycles. The fourth-order valence-electron chi connectivity index (χ4n) is 2.10. The van der Waals surface area contributed by atoms with Crippen LogP contribution in [-0.4, -0.2) is 16.0 Å². The molecule has 0 spiro atoms. The molecule has 0 aromatic heterocycles. The van der Waals surface area contributed by atoms with E-state index in [0.29, 0.717) is 11.4 Å². The minimum absolute atomic E-state index is 0.217. The number of nitrogens with zero attached hydrogens (tertiary/aromatic N) is 1. The first-order chi connectivity index (χ1) is 10.2. The average molecular weight is 295 g/mol. The zero-order valence-electron chi connectivity index (χ0n) is 11.2. The lowest BCUT2D eigenvalue weighted by molar-refractivity contribution is -0.123. The van der Waals surface area contributed by atoms with Crippen LogP contribution < -0.4 is 0 Å². The normalized spacial score (nSPS) is 16.8. The Morgan fingerprint density at radius 3 is 2.19 bits per heavy atom. The summed E-state index contributed by atoms with van der Waals surface area (Å²) >= 11 is 0.994. The quantitative estimate of drug-likeness (QED) is 0.805. The number of benzene rings is 2. The molecule has 2 aromatic carbocycles. The van der Waals surface area contributed by atoms with E-state index in [2.05, 4.69) is 0 Å². The van der Waals surface area contributed by atoms with Crippen LogP contribution in [0.1, 0.15) is 11.1 Å². The SMILES string of the molecule is O=C1SC(=Cc2ccccc2)C(=O)N1Cc1ccccc1. The zero-order valence-corrected chi connectivity index (χ0v) is 12.0. The second-order valence-electron chi connectivity index (χ2n) is 4.66. The van der Waals surface area contributed by atoms with Gasteiger partial charge in [0.15, 0.2) is 0 Å². The monoisotopic (exact) mass is 295 g/mol. The van der Waals surface area contributed by atoms with Gasteiger partial charge in [0, 0.05) is 0 Å². The second-order valence-corrected chi connectivity index (χ2v) is 5.66. The number of imide groups is 1. The summed E-state index contributed by atoms with van der Waals surface area (Å²) in [6.07, 6.45) is 1.76. The average Bonchev–Trinajstić information content (AvgIpc) is 2.77. The van der Waals surface area contributed by atoms with Crippen molar-refractivity contribution < 1.29 is 9.59 Å². The van der Waals surface area contributed by atoms with Gasteiger partial charge in [-0.15, -0.1) is 0 Å². The number of thioether (sulfide) groups is 1. The molecule has 0 bridgehead atoms. The molecule has 4 heteroatoms. The van der Waals surface area contributed by atoms with Gasteiger partial charge in [0.1, 0.15) is 0 Å². The maximum atomic E-state index is 12.3. The van der Waals surface area contributed by atoms with Crippen LogP contribution >= 0.6 is 11.8 Å². The predicted octanol–water partition coefficient (Wildman–Crippen LogP) is 3.92. The minimum Gasteiger partial charge on any atom is -0.268 e. The maximum Gasteiger partial charge on any atom is 0.293 e. The summed E-state index contributed by atoms with van der Waals surface area (Å²) in [4.78, 5) is 26.1. The standard InChI is InChI=1S/C17H13NO2S/c19-16-15(11-13-7-3-1-4-8-13)21-17(20)18(16)12-14-9-5-2-6-10-14/h1-11H,12H2. The van der Waals surface area contributed by atoms with Crippen molar-refractivity contribution >= 4 is 29.0 Å². The van der Waals surface area contributed by atoms with Crippen LogP contribution in [0.15, 0.2) is 65.6 Å². The van der Waals surface area contributed by atoms with Gasteiger partial charge in [0.2, 0.25) is 0 Å². The molecule has 2 amide bonds. The smallest absolute Gasteiger partial charge is 0.268 e. The lowest BCUT2D eigenvalue weighted by Crippen LogP contribution is -2.27. The van der Waals surface area contributed by atoms with Crippen molar-refractivity contribution in [1.29, 1.82) is 0 Å². The van der Waals surface area contributed by atoms with Crippen molar-refractivity contribution in [3.63, 3.8) is 0 Å². The molecule has 3 nitrogen and oxygen atoms in total. The van der Waals surface area contributed by atoms with Gasteiger partial charge in [0.25, 0.3) is 11.1 Å². The molecule has 0 radical (unpaired) electrons. The summed E-state index contributed by atoms with van der Waals surface area (Å²) in [5.41, 5.74) is 1.86. The van der Waals surface area contributed by atoms with Gasteiger partial charge in [-0.2, -0.15) is 0 Å². The first-order valence-corrected chi connectivity index (χ1v) is 7.40. The van der Waals surface area contributed by atoms with Gasteiger partial charge in [-0.05, 0) is 29.0 Å². The zero-order chi connectivity index (χ0) is 14.7. The van der Waals surface area contributed by atoms with Crippen molar-refractivity contribution in [1.82, 2.24) is 4.90 Å². The Bertz CT molecular complexity index is 695. The Morgan fingerprint density at radius 1 is 0.905 bits per heavy atom. The summed E-state index contributed by atoms with van der Waals surface area (Å²) in [7, 11) is 0. The van der Waals surface area contributed by atoms with Crippen molar-refractivity contribution in [2.24, 2.45) is 0 Å². The van der Waals surface area contributed by atoms with E-state index >= 15 is 0 Å². The van der Waals surface area contributed by atoms with E-state index in [1.807, 2.05) is 60.7 Å². The minimum atomic E-state index is -0.224. The lowest BCUT2D eigenvalue weighted by atomic mass is 10.2. The van der Waals surface area contributed by atoms with Gasteiger partial charge >= 0.3 is 0 Å². The van der Waals surface area contributed by atoms with Crippen LogP contribution in [0, 0.1) is 0 Å². The summed E-state index contributed by atoms with van der Waals surface area (Å²) in [6, 6.07) is 19.1. The Balaban J connectivity index is 1.81. The van der Waals surface area contributed by atoms with E-state index in [1.165, 1.54) is 4.90 Å². The van der Waals surface area contributed by atoms with Gasteiger partial charge in [0.05, 0.1) is 11.4 Å². The van der Waals surface area contributed by atoms with Crippen LogP contribution in [0.5, 0.6) is 0 Å². The molecule has 0 unspecified atom stereocenters. The highest BCUT2D eigenvalue weighted by molar-refractivity contribution is 8.18.